The zero-order chi connectivity index (χ0) is 20.5. The Kier molecular flexibility index (Phi) is 7.32. The van der Waals surface area contributed by atoms with Gasteiger partial charge in [-0.15, -0.1) is 0 Å². The molecule has 28 heavy (non-hydrogen) atoms. The third kappa shape index (κ3) is 5.44. The highest BCUT2D eigenvalue weighted by atomic mass is 16.6. The first-order valence-electron chi connectivity index (χ1n) is 8.43. The number of hydrogen-bond donors (Lipinski definition) is 1. The quantitative estimate of drug-likeness (QED) is 0.398. The number of hydrogen-bond acceptors (Lipinski definition) is 7. The number of nitro groups is 1. The van der Waals surface area contributed by atoms with E-state index in [4.69, 9.17) is 14.2 Å². The van der Waals surface area contributed by atoms with Crippen LogP contribution in [-0.4, -0.2) is 37.1 Å². The van der Waals surface area contributed by atoms with Crippen molar-refractivity contribution in [1.82, 2.24) is 5.32 Å². The van der Waals surface area contributed by atoms with E-state index in [-0.39, 0.29) is 30.2 Å². The molecular weight excluding hydrogens is 368 g/mol. The number of nitro benzene ring substituents is 1. The lowest BCUT2D eigenvalue weighted by molar-refractivity contribution is -0.385. The molecule has 0 aliphatic heterocycles. The van der Waals surface area contributed by atoms with Gasteiger partial charge in [0.05, 0.1) is 24.2 Å². The largest absolute Gasteiger partial charge is 0.496 e. The highest BCUT2D eigenvalue weighted by Crippen LogP contribution is 2.28. The predicted octanol–water partition coefficient (Wildman–Crippen LogP) is 2.48. The van der Waals surface area contributed by atoms with Crippen LogP contribution in [0.25, 0.3) is 0 Å². The standard InChI is InChI=1S/C19H20N2O7/c1-3-27-17-9-8-13(10-15(17)21(24)25)19(23)28-12-18(22)20-11-14-6-4-5-7-16(14)26-2/h4-10H,3,11-12H2,1-2H3,(H,20,22). The highest BCUT2D eigenvalue weighted by molar-refractivity contribution is 5.92. The molecule has 0 radical (unpaired) electrons. The number of ether oxygens (including phenoxy) is 3. The molecule has 0 saturated heterocycles. The first kappa shape index (κ1) is 20.7. The van der Waals surface area contributed by atoms with E-state index in [9.17, 15) is 19.7 Å². The minimum Gasteiger partial charge on any atom is -0.496 e. The van der Waals surface area contributed by atoms with Gasteiger partial charge in [-0.3, -0.25) is 14.9 Å². The van der Waals surface area contributed by atoms with Crippen LogP contribution in [0.5, 0.6) is 11.5 Å². The minimum absolute atomic E-state index is 0.0484. The molecule has 2 aromatic carbocycles. The lowest BCUT2D eigenvalue weighted by atomic mass is 10.2. The summed E-state index contributed by atoms with van der Waals surface area (Å²) >= 11 is 0. The third-order valence-corrected chi connectivity index (χ3v) is 3.69. The topological polar surface area (TPSA) is 117 Å². The van der Waals surface area contributed by atoms with E-state index in [1.807, 2.05) is 12.1 Å². The maximum absolute atomic E-state index is 12.1. The van der Waals surface area contributed by atoms with E-state index >= 15 is 0 Å². The molecule has 0 bridgehead atoms. The Morgan fingerprint density at radius 2 is 1.89 bits per heavy atom. The molecule has 0 fully saturated rings. The number of methoxy groups -OCH3 is 1. The van der Waals surface area contributed by atoms with Gasteiger partial charge in [0.2, 0.25) is 0 Å². The van der Waals surface area contributed by atoms with Gasteiger partial charge in [-0.2, -0.15) is 0 Å². The number of amides is 1. The number of nitrogens with one attached hydrogen (secondary N) is 1. The second kappa shape index (κ2) is 9.91. The van der Waals surface area contributed by atoms with Crippen molar-refractivity contribution in [2.75, 3.05) is 20.3 Å². The van der Waals surface area contributed by atoms with E-state index in [0.29, 0.717) is 5.75 Å². The van der Waals surface area contributed by atoms with Gasteiger partial charge in [0.1, 0.15) is 5.75 Å². The molecule has 0 atom stereocenters. The summed E-state index contributed by atoms with van der Waals surface area (Å²) in [7, 11) is 1.53. The highest BCUT2D eigenvalue weighted by Gasteiger charge is 2.20. The monoisotopic (exact) mass is 388 g/mol. The van der Waals surface area contributed by atoms with Crippen LogP contribution in [0.15, 0.2) is 42.5 Å². The van der Waals surface area contributed by atoms with Crippen LogP contribution in [-0.2, 0) is 16.1 Å². The van der Waals surface area contributed by atoms with E-state index in [1.165, 1.54) is 19.2 Å². The van der Waals surface area contributed by atoms with Crippen molar-refractivity contribution in [3.8, 4) is 11.5 Å². The smallest absolute Gasteiger partial charge is 0.338 e. The van der Waals surface area contributed by atoms with Crippen molar-refractivity contribution < 1.29 is 28.7 Å². The number of benzene rings is 2. The van der Waals surface area contributed by atoms with Crippen LogP contribution >= 0.6 is 0 Å². The van der Waals surface area contributed by atoms with Crippen LogP contribution < -0.4 is 14.8 Å². The Hall–Kier alpha value is -3.62. The van der Waals surface area contributed by atoms with Gasteiger partial charge >= 0.3 is 11.7 Å². The second-order valence-electron chi connectivity index (χ2n) is 5.54. The normalized spacial score (nSPS) is 10.1. The maximum atomic E-state index is 12.1. The lowest BCUT2D eigenvalue weighted by Gasteiger charge is -2.10. The Bertz CT molecular complexity index is 867. The number of rotatable bonds is 9. The molecule has 9 nitrogen and oxygen atoms in total. The van der Waals surface area contributed by atoms with Crippen molar-refractivity contribution in [3.05, 3.63) is 63.7 Å². The third-order valence-electron chi connectivity index (χ3n) is 3.69. The summed E-state index contributed by atoms with van der Waals surface area (Å²) in [5, 5.41) is 13.7. The number of para-hydroxylation sites is 1. The maximum Gasteiger partial charge on any atom is 0.338 e. The van der Waals surface area contributed by atoms with Crippen LogP contribution in [0.1, 0.15) is 22.8 Å². The Labute approximate surface area is 161 Å². The Morgan fingerprint density at radius 1 is 1.14 bits per heavy atom. The fourth-order valence-electron chi connectivity index (χ4n) is 2.37. The second-order valence-corrected chi connectivity index (χ2v) is 5.54. The molecule has 1 N–H and O–H groups in total. The minimum atomic E-state index is -0.849. The summed E-state index contributed by atoms with van der Waals surface area (Å²) in [6.45, 7) is 1.62. The fourth-order valence-corrected chi connectivity index (χ4v) is 2.37. The fraction of sp³-hybridized carbons (Fsp3) is 0.263. The summed E-state index contributed by atoms with van der Waals surface area (Å²) < 4.78 is 15.3. The Balaban J connectivity index is 1.93. The van der Waals surface area contributed by atoms with Crippen molar-refractivity contribution in [2.45, 2.75) is 13.5 Å². The van der Waals surface area contributed by atoms with Gasteiger partial charge in [0, 0.05) is 18.2 Å². The molecule has 148 valence electrons. The van der Waals surface area contributed by atoms with Crippen molar-refractivity contribution in [3.63, 3.8) is 0 Å². The van der Waals surface area contributed by atoms with Gasteiger partial charge < -0.3 is 19.5 Å². The lowest BCUT2D eigenvalue weighted by Crippen LogP contribution is -2.28. The van der Waals surface area contributed by atoms with Crippen LogP contribution in [0, 0.1) is 10.1 Å². The molecule has 2 aromatic rings. The summed E-state index contributed by atoms with van der Waals surface area (Å²) in [6.07, 6.45) is 0. The van der Waals surface area contributed by atoms with Crippen molar-refractivity contribution in [1.29, 1.82) is 0 Å². The molecule has 0 aliphatic rings. The van der Waals surface area contributed by atoms with E-state index in [1.54, 1.807) is 19.1 Å². The average molecular weight is 388 g/mol. The van der Waals surface area contributed by atoms with E-state index in [2.05, 4.69) is 5.32 Å². The summed E-state index contributed by atoms with van der Waals surface area (Å²) in [5.74, 6) is -0.682. The molecule has 0 unspecified atom stereocenters. The molecule has 0 aliphatic carbocycles. The average Bonchev–Trinajstić information content (AvgIpc) is 2.70. The predicted molar refractivity (Wildman–Crippen MR) is 99.4 cm³/mol. The summed E-state index contributed by atoms with van der Waals surface area (Å²) in [4.78, 5) is 34.4. The summed E-state index contributed by atoms with van der Waals surface area (Å²) in [6, 6.07) is 10.9. The molecular formula is C19H20N2O7. The molecule has 0 spiro atoms. The number of esters is 1. The molecule has 1 amide bonds. The first-order valence-corrected chi connectivity index (χ1v) is 8.43. The first-order chi connectivity index (χ1) is 13.5. The molecule has 0 heterocycles. The molecule has 0 saturated carbocycles. The van der Waals surface area contributed by atoms with Crippen molar-refractivity contribution in [2.24, 2.45) is 0 Å². The Morgan fingerprint density at radius 3 is 2.57 bits per heavy atom. The summed E-state index contributed by atoms with van der Waals surface area (Å²) in [5.41, 5.74) is 0.372. The van der Waals surface area contributed by atoms with Gasteiger partial charge in [0.25, 0.3) is 5.91 Å². The van der Waals surface area contributed by atoms with Gasteiger partial charge in [-0.1, -0.05) is 18.2 Å². The van der Waals surface area contributed by atoms with Gasteiger partial charge in [-0.05, 0) is 25.1 Å². The van der Waals surface area contributed by atoms with Gasteiger partial charge in [0.15, 0.2) is 12.4 Å². The van der Waals surface area contributed by atoms with Crippen LogP contribution in [0.4, 0.5) is 5.69 Å². The zero-order valence-electron chi connectivity index (χ0n) is 15.5. The van der Waals surface area contributed by atoms with Crippen LogP contribution in [0.2, 0.25) is 0 Å². The van der Waals surface area contributed by atoms with Crippen LogP contribution in [0.3, 0.4) is 0 Å². The van der Waals surface area contributed by atoms with E-state index in [0.717, 1.165) is 11.6 Å². The molecule has 9 heteroatoms. The van der Waals surface area contributed by atoms with Gasteiger partial charge in [-0.25, -0.2) is 4.79 Å². The SMILES string of the molecule is CCOc1ccc(C(=O)OCC(=O)NCc2ccccc2OC)cc1[N+](=O)[O-]. The number of nitrogens with zero attached hydrogens (tertiary/aromatic N) is 1. The van der Waals surface area contributed by atoms with E-state index < -0.39 is 23.4 Å². The zero-order valence-corrected chi connectivity index (χ0v) is 15.5. The number of carbonyl (C=O) groups excluding carboxylic acids is 2. The molecule has 0 aromatic heterocycles. The number of carbonyl (C=O) groups is 2. The molecule has 2 rings (SSSR count). The van der Waals surface area contributed by atoms with Crippen molar-refractivity contribution >= 4 is 17.6 Å².